The smallest absolute Gasteiger partial charge is 0.321 e. The van der Waals surface area contributed by atoms with Crippen molar-refractivity contribution in [3.8, 4) is 0 Å². The number of nitrogens with zero attached hydrogens (tertiary/aromatic N) is 2. The molecule has 0 spiro atoms. The average Bonchev–Trinajstić information content (AvgIpc) is 2.43. The Morgan fingerprint density at radius 2 is 1.67 bits per heavy atom. The largest absolute Gasteiger partial charge is 0.322 e. The Morgan fingerprint density at radius 3 is 2.19 bits per heavy atom. The quantitative estimate of drug-likeness (QED) is 0.927. The Morgan fingerprint density at radius 1 is 1.10 bits per heavy atom. The summed E-state index contributed by atoms with van der Waals surface area (Å²) in [5.74, 6) is 0. The molecule has 0 aliphatic carbocycles. The first-order valence-corrected chi connectivity index (χ1v) is 7.87. The summed E-state index contributed by atoms with van der Waals surface area (Å²) in [6.45, 7) is 13.1. The molecule has 1 fully saturated rings. The van der Waals surface area contributed by atoms with E-state index in [0.717, 1.165) is 49.5 Å². The molecule has 1 aliphatic heterocycles. The highest BCUT2D eigenvalue weighted by Crippen LogP contribution is 2.22. The van der Waals surface area contributed by atoms with Gasteiger partial charge in [0.05, 0.1) is 0 Å². The van der Waals surface area contributed by atoms with E-state index in [1.54, 1.807) is 0 Å². The Balaban J connectivity index is 1.97. The van der Waals surface area contributed by atoms with Gasteiger partial charge in [-0.1, -0.05) is 24.6 Å². The summed E-state index contributed by atoms with van der Waals surface area (Å²) < 4.78 is 0. The standard InChI is InChI=1S/C17H27N3O/c1-5-6-19-7-9-20(10-8-19)17(21)18-16-14(3)11-13(2)12-15(16)4/h11-12H,5-10H2,1-4H3,(H,18,21). The van der Waals surface area contributed by atoms with Crippen LogP contribution >= 0.6 is 0 Å². The first-order valence-electron chi connectivity index (χ1n) is 7.87. The van der Waals surface area contributed by atoms with Gasteiger partial charge in [0.15, 0.2) is 0 Å². The lowest BCUT2D eigenvalue weighted by Crippen LogP contribution is -2.50. The van der Waals surface area contributed by atoms with Crippen LogP contribution in [0.5, 0.6) is 0 Å². The van der Waals surface area contributed by atoms with E-state index in [1.807, 2.05) is 4.90 Å². The molecular formula is C17H27N3O. The van der Waals surface area contributed by atoms with Gasteiger partial charge in [0, 0.05) is 31.9 Å². The second kappa shape index (κ2) is 6.94. The molecule has 0 atom stereocenters. The van der Waals surface area contributed by atoms with Crippen LogP contribution in [0.2, 0.25) is 0 Å². The first kappa shape index (κ1) is 15.8. The second-order valence-corrected chi connectivity index (χ2v) is 6.03. The molecule has 2 amide bonds. The molecular weight excluding hydrogens is 262 g/mol. The fraction of sp³-hybridized carbons (Fsp3) is 0.588. The number of aryl methyl sites for hydroxylation is 3. The van der Waals surface area contributed by atoms with Gasteiger partial charge in [0.25, 0.3) is 0 Å². The van der Waals surface area contributed by atoms with Crippen molar-refractivity contribution >= 4 is 11.7 Å². The van der Waals surface area contributed by atoms with Crippen LogP contribution < -0.4 is 5.32 Å². The lowest BCUT2D eigenvalue weighted by molar-refractivity contribution is 0.147. The Labute approximate surface area is 128 Å². The molecule has 4 nitrogen and oxygen atoms in total. The van der Waals surface area contributed by atoms with E-state index in [2.05, 4.69) is 50.0 Å². The maximum absolute atomic E-state index is 12.4. The van der Waals surface area contributed by atoms with Crippen LogP contribution in [0.1, 0.15) is 30.0 Å². The summed E-state index contributed by atoms with van der Waals surface area (Å²) in [6.07, 6.45) is 1.17. The number of anilines is 1. The molecule has 1 aromatic carbocycles. The van der Waals surface area contributed by atoms with E-state index in [1.165, 1.54) is 12.0 Å². The van der Waals surface area contributed by atoms with Crippen LogP contribution in [0.25, 0.3) is 0 Å². The number of piperazine rings is 1. The predicted molar refractivity (Wildman–Crippen MR) is 88.0 cm³/mol. The summed E-state index contributed by atoms with van der Waals surface area (Å²) >= 11 is 0. The number of urea groups is 1. The van der Waals surface area contributed by atoms with Crippen molar-refractivity contribution in [2.45, 2.75) is 34.1 Å². The van der Waals surface area contributed by atoms with Crippen LogP contribution in [0.15, 0.2) is 12.1 Å². The van der Waals surface area contributed by atoms with Gasteiger partial charge >= 0.3 is 6.03 Å². The van der Waals surface area contributed by atoms with Crippen LogP contribution in [-0.2, 0) is 0 Å². The predicted octanol–water partition coefficient (Wildman–Crippen LogP) is 3.17. The molecule has 21 heavy (non-hydrogen) atoms. The molecule has 1 heterocycles. The Bertz CT molecular complexity index is 482. The lowest BCUT2D eigenvalue weighted by Gasteiger charge is -2.34. The van der Waals surface area contributed by atoms with Gasteiger partial charge in [-0.25, -0.2) is 4.79 Å². The molecule has 0 bridgehead atoms. The van der Waals surface area contributed by atoms with Crippen LogP contribution in [0, 0.1) is 20.8 Å². The highest BCUT2D eigenvalue weighted by atomic mass is 16.2. The van der Waals surface area contributed by atoms with Gasteiger partial charge in [0.1, 0.15) is 0 Å². The van der Waals surface area contributed by atoms with E-state index in [4.69, 9.17) is 0 Å². The third-order valence-corrected chi connectivity index (χ3v) is 4.11. The van der Waals surface area contributed by atoms with Gasteiger partial charge in [-0.2, -0.15) is 0 Å². The second-order valence-electron chi connectivity index (χ2n) is 6.03. The summed E-state index contributed by atoms with van der Waals surface area (Å²) in [5, 5.41) is 3.09. The van der Waals surface area contributed by atoms with E-state index < -0.39 is 0 Å². The average molecular weight is 289 g/mol. The molecule has 2 rings (SSSR count). The maximum atomic E-state index is 12.4. The van der Waals surface area contributed by atoms with E-state index in [-0.39, 0.29) is 6.03 Å². The summed E-state index contributed by atoms with van der Waals surface area (Å²) in [4.78, 5) is 16.8. The fourth-order valence-corrected chi connectivity index (χ4v) is 3.05. The van der Waals surface area contributed by atoms with Crippen LogP contribution in [0.3, 0.4) is 0 Å². The number of nitrogens with one attached hydrogen (secondary N) is 1. The zero-order chi connectivity index (χ0) is 15.4. The zero-order valence-corrected chi connectivity index (χ0v) is 13.7. The first-order chi connectivity index (χ1) is 10.0. The molecule has 1 aliphatic rings. The van der Waals surface area contributed by atoms with E-state index >= 15 is 0 Å². The van der Waals surface area contributed by atoms with Gasteiger partial charge in [-0.05, 0) is 44.9 Å². The van der Waals surface area contributed by atoms with Crippen LogP contribution in [-0.4, -0.2) is 48.6 Å². The number of amides is 2. The van der Waals surface area contributed by atoms with Gasteiger partial charge < -0.3 is 10.2 Å². The van der Waals surface area contributed by atoms with E-state index in [9.17, 15) is 4.79 Å². The van der Waals surface area contributed by atoms with E-state index in [0.29, 0.717) is 0 Å². The topological polar surface area (TPSA) is 35.6 Å². The molecule has 0 unspecified atom stereocenters. The van der Waals surface area contributed by atoms with Crippen molar-refractivity contribution in [3.05, 3.63) is 28.8 Å². The lowest BCUT2D eigenvalue weighted by atomic mass is 10.1. The molecule has 1 aromatic rings. The normalized spacial score (nSPS) is 16.1. The third-order valence-electron chi connectivity index (χ3n) is 4.11. The van der Waals surface area contributed by atoms with Crippen molar-refractivity contribution in [2.75, 3.05) is 38.0 Å². The number of hydrogen-bond donors (Lipinski definition) is 1. The number of hydrogen-bond acceptors (Lipinski definition) is 2. The molecule has 116 valence electrons. The number of rotatable bonds is 3. The number of carbonyl (C=O) groups excluding carboxylic acids is 1. The Hall–Kier alpha value is -1.55. The molecule has 4 heteroatoms. The molecule has 1 N–H and O–H groups in total. The van der Waals surface area contributed by atoms with Gasteiger partial charge in [-0.15, -0.1) is 0 Å². The molecule has 0 saturated carbocycles. The number of carbonyl (C=O) groups is 1. The summed E-state index contributed by atoms with van der Waals surface area (Å²) in [7, 11) is 0. The van der Waals surface area contributed by atoms with Crippen molar-refractivity contribution in [1.82, 2.24) is 9.80 Å². The SMILES string of the molecule is CCCN1CCN(C(=O)Nc2c(C)cc(C)cc2C)CC1. The highest BCUT2D eigenvalue weighted by molar-refractivity contribution is 5.91. The van der Waals surface area contributed by atoms with Crippen LogP contribution in [0.4, 0.5) is 10.5 Å². The minimum Gasteiger partial charge on any atom is -0.322 e. The Kier molecular flexibility index (Phi) is 5.23. The third kappa shape index (κ3) is 3.97. The minimum absolute atomic E-state index is 0.0289. The molecule has 0 radical (unpaired) electrons. The minimum atomic E-state index is 0.0289. The monoisotopic (exact) mass is 289 g/mol. The van der Waals surface area contributed by atoms with Crippen molar-refractivity contribution in [3.63, 3.8) is 0 Å². The zero-order valence-electron chi connectivity index (χ0n) is 13.7. The highest BCUT2D eigenvalue weighted by Gasteiger charge is 2.21. The van der Waals surface area contributed by atoms with Crippen molar-refractivity contribution in [1.29, 1.82) is 0 Å². The molecule has 1 saturated heterocycles. The maximum Gasteiger partial charge on any atom is 0.321 e. The van der Waals surface area contributed by atoms with Gasteiger partial charge in [-0.3, -0.25) is 4.90 Å². The summed E-state index contributed by atoms with van der Waals surface area (Å²) in [6, 6.07) is 4.25. The summed E-state index contributed by atoms with van der Waals surface area (Å²) in [5.41, 5.74) is 4.45. The van der Waals surface area contributed by atoms with Gasteiger partial charge in [0.2, 0.25) is 0 Å². The van der Waals surface area contributed by atoms with Crippen molar-refractivity contribution < 1.29 is 4.79 Å². The molecule has 0 aromatic heterocycles. The fourth-order valence-electron chi connectivity index (χ4n) is 3.05. The van der Waals surface area contributed by atoms with Crippen molar-refractivity contribution in [2.24, 2.45) is 0 Å². The number of benzene rings is 1.